The summed E-state index contributed by atoms with van der Waals surface area (Å²) >= 11 is 0. The zero-order valence-electron chi connectivity index (χ0n) is 11.1. The average Bonchev–Trinajstić information content (AvgIpc) is 2.31. The number of carboxylic acids is 1. The van der Waals surface area contributed by atoms with E-state index in [0.29, 0.717) is 5.56 Å². The molecule has 0 bridgehead atoms. The Hall–Kier alpha value is -2.48. The van der Waals surface area contributed by atoms with Crippen molar-refractivity contribution in [3.8, 4) is 12.3 Å². The maximum absolute atomic E-state index is 11.7. The highest BCUT2D eigenvalue weighted by Crippen LogP contribution is 2.22. The van der Waals surface area contributed by atoms with Gasteiger partial charge in [0.05, 0.1) is 17.3 Å². The molecule has 0 spiro atoms. The quantitative estimate of drug-likeness (QED) is 0.728. The summed E-state index contributed by atoms with van der Waals surface area (Å²) in [6, 6.07) is 2.35. The van der Waals surface area contributed by atoms with Gasteiger partial charge in [0.1, 0.15) is 0 Å². The zero-order chi connectivity index (χ0) is 14.6. The number of amides is 2. The van der Waals surface area contributed by atoms with E-state index in [0.717, 1.165) is 5.56 Å². The Morgan fingerprint density at radius 2 is 2.00 bits per heavy atom. The van der Waals surface area contributed by atoms with Gasteiger partial charge in [0.15, 0.2) is 0 Å². The van der Waals surface area contributed by atoms with Crippen molar-refractivity contribution in [1.29, 1.82) is 0 Å². The normalized spacial score (nSPS) is 11.3. The molecule has 0 aliphatic rings. The summed E-state index contributed by atoms with van der Waals surface area (Å²) in [6.07, 6.45) is 5.15. The first-order valence-electron chi connectivity index (χ1n) is 5.73. The summed E-state index contributed by atoms with van der Waals surface area (Å²) in [7, 11) is 0. The summed E-state index contributed by atoms with van der Waals surface area (Å²) in [4.78, 5) is 22.9. The molecule has 1 atom stereocenters. The number of carboxylic acid groups (broad SMARTS) is 1. The van der Waals surface area contributed by atoms with Crippen molar-refractivity contribution >= 4 is 17.7 Å². The third-order valence-electron chi connectivity index (χ3n) is 2.55. The molecule has 3 N–H and O–H groups in total. The molecule has 0 saturated carbocycles. The minimum atomic E-state index is -1.09. The van der Waals surface area contributed by atoms with Crippen molar-refractivity contribution in [1.82, 2.24) is 5.32 Å². The van der Waals surface area contributed by atoms with E-state index < -0.39 is 18.0 Å². The van der Waals surface area contributed by atoms with Gasteiger partial charge in [-0.2, -0.15) is 0 Å². The summed E-state index contributed by atoms with van der Waals surface area (Å²) in [5.74, 6) is 1.26. The number of benzene rings is 1. The smallest absolute Gasteiger partial charge is 0.337 e. The predicted octanol–water partition coefficient (Wildman–Crippen LogP) is 2.14. The van der Waals surface area contributed by atoms with E-state index in [1.54, 1.807) is 26.8 Å². The lowest BCUT2D eigenvalue weighted by Gasteiger charge is -2.14. The number of carbonyl (C=O) groups excluding carboxylic acids is 1. The fraction of sp³-hybridized carbons (Fsp3) is 0.286. The second kappa shape index (κ2) is 5.91. The van der Waals surface area contributed by atoms with Gasteiger partial charge in [0, 0.05) is 0 Å². The molecule has 0 aliphatic carbocycles. The van der Waals surface area contributed by atoms with E-state index in [2.05, 4.69) is 16.6 Å². The lowest BCUT2D eigenvalue weighted by Crippen LogP contribution is -2.35. The summed E-state index contributed by atoms with van der Waals surface area (Å²) in [6.45, 7) is 5.18. The Morgan fingerprint density at radius 3 is 2.53 bits per heavy atom. The number of rotatable bonds is 3. The van der Waals surface area contributed by atoms with Gasteiger partial charge < -0.3 is 15.7 Å². The molecule has 5 heteroatoms. The SMILES string of the molecule is C#CC(C)NC(=O)Nc1c(C)cc(C)cc1C(=O)O. The zero-order valence-corrected chi connectivity index (χ0v) is 11.1. The molecule has 0 aliphatic heterocycles. The van der Waals surface area contributed by atoms with Crippen LogP contribution < -0.4 is 10.6 Å². The fourth-order valence-corrected chi connectivity index (χ4v) is 1.69. The first kappa shape index (κ1) is 14.6. The van der Waals surface area contributed by atoms with Crippen molar-refractivity contribution in [2.24, 2.45) is 0 Å². The Kier molecular flexibility index (Phi) is 4.54. The van der Waals surface area contributed by atoms with Crippen LogP contribution in [0.3, 0.4) is 0 Å². The van der Waals surface area contributed by atoms with Crippen molar-refractivity contribution in [3.05, 3.63) is 28.8 Å². The second-order valence-corrected chi connectivity index (χ2v) is 4.30. The molecule has 1 rings (SSSR count). The highest BCUT2D eigenvalue weighted by molar-refractivity contribution is 6.01. The Morgan fingerprint density at radius 1 is 1.37 bits per heavy atom. The molecule has 0 aromatic heterocycles. The van der Waals surface area contributed by atoms with Crippen molar-refractivity contribution in [3.63, 3.8) is 0 Å². The maximum Gasteiger partial charge on any atom is 0.337 e. The van der Waals surface area contributed by atoms with E-state index in [9.17, 15) is 9.59 Å². The minimum absolute atomic E-state index is 0.0565. The molecular formula is C14H16N2O3. The first-order chi connectivity index (χ1) is 8.85. The van der Waals surface area contributed by atoms with Crippen molar-refractivity contribution in [2.45, 2.75) is 26.8 Å². The number of urea groups is 1. The Bertz CT molecular complexity index is 559. The van der Waals surface area contributed by atoms with Crippen LogP contribution in [0.1, 0.15) is 28.4 Å². The van der Waals surface area contributed by atoms with Crippen LogP contribution in [0.15, 0.2) is 12.1 Å². The summed E-state index contributed by atoms with van der Waals surface area (Å²) in [5.41, 5.74) is 1.83. The summed E-state index contributed by atoms with van der Waals surface area (Å²) < 4.78 is 0. The third-order valence-corrected chi connectivity index (χ3v) is 2.55. The maximum atomic E-state index is 11.7. The van der Waals surface area contributed by atoms with Gasteiger partial charge in [0.2, 0.25) is 0 Å². The number of hydrogen-bond acceptors (Lipinski definition) is 2. The van der Waals surface area contributed by atoms with E-state index in [1.165, 1.54) is 6.07 Å². The molecule has 0 radical (unpaired) electrons. The first-order valence-corrected chi connectivity index (χ1v) is 5.73. The number of aromatic carboxylic acids is 1. The number of terminal acetylenes is 1. The Labute approximate surface area is 112 Å². The largest absolute Gasteiger partial charge is 0.478 e. The average molecular weight is 260 g/mol. The molecule has 100 valence electrons. The number of hydrogen-bond donors (Lipinski definition) is 3. The van der Waals surface area contributed by atoms with Crippen molar-refractivity contribution in [2.75, 3.05) is 5.32 Å². The third kappa shape index (κ3) is 3.75. The highest BCUT2D eigenvalue weighted by atomic mass is 16.4. The standard InChI is InChI=1S/C14H16N2O3/c1-5-10(4)15-14(19)16-12-9(3)6-8(2)7-11(12)13(17)18/h1,6-7,10H,2-4H3,(H,17,18)(H2,15,16,19). The highest BCUT2D eigenvalue weighted by Gasteiger charge is 2.16. The number of aryl methyl sites for hydroxylation is 2. The summed E-state index contributed by atoms with van der Waals surface area (Å²) in [5, 5.41) is 14.2. The van der Waals surface area contributed by atoms with E-state index in [1.807, 2.05) is 0 Å². The van der Waals surface area contributed by atoms with Gasteiger partial charge in [-0.3, -0.25) is 0 Å². The van der Waals surface area contributed by atoms with Crippen LogP contribution in [0.2, 0.25) is 0 Å². The molecule has 0 saturated heterocycles. The molecule has 0 fully saturated rings. The molecule has 19 heavy (non-hydrogen) atoms. The second-order valence-electron chi connectivity index (χ2n) is 4.30. The van der Waals surface area contributed by atoms with Crippen LogP contribution in [-0.2, 0) is 0 Å². The molecule has 2 amide bonds. The molecule has 5 nitrogen and oxygen atoms in total. The van der Waals surface area contributed by atoms with Gasteiger partial charge in [0.25, 0.3) is 0 Å². The molecule has 1 aromatic carbocycles. The monoisotopic (exact) mass is 260 g/mol. The van der Waals surface area contributed by atoms with Crippen LogP contribution in [0.25, 0.3) is 0 Å². The topological polar surface area (TPSA) is 78.4 Å². The van der Waals surface area contributed by atoms with Gasteiger partial charge >= 0.3 is 12.0 Å². The predicted molar refractivity (Wildman–Crippen MR) is 73.3 cm³/mol. The number of anilines is 1. The lowest BCUT2D eigenvalue weighted by molar-refractivity contribution is 0.0698. The van der Waals surface area contributed by atoms with E-state index in [-0.39, 0.29) is 11.3 Å². The molecule has 0 heterocycles. The Balaban J connectivity index is 3.04. The van der Waals surface area contributed by atoms with Crippen LogP contribution in [0.5, 0.6) is 0 Å². The van der Waals surface area contributed by atoms with Gasteiger partial charge in [-0.1, -0.05) is 12.0 Å². The van der Waals surface area contributed by atoms with E-state index in [4.69, 9.17) is 11.5 Å². The lowest BCUT2D eigenvalue weighted by atomic mass is 10.0. The molecule has 1 unspecified atom stereocenters. The fourth-order valence-electron chi connectivity index (χ4n) is 1.69. The van der Waals surface area contributed by atoms with Crippen LogP contribution in [0, 0.1) is 26.2 Å². The van der Waals surface area contributed by atoms with Gasteiger partial charge in [-0.25, -0.2) is 9.59 Å². The van der Waals surface area contributed by atoms with Crippen LogP contribution >= 0.6 is 0 Å². The minimum Gasteiger partial charge on any atom is -0.478 e. The van der Waals surface area contributed by atoms with E-state index >= 15 is 0 Å². The number of carbonyl (C=O) groups is 2. The van der Waals surface area contributed by atoms with Crippen LogP contribution in [0.4, 0.5) is 10.5 Å². The number of nitrogens with one attached hydrogen (secondary N) is 2. The van der Waals surface area contributed by atoms with Gasteiger partial charge in [-0.05, 0) is 38.0 Å². The van der Waals surface area contributed by atoms with Gasteiger partial charge in [-0.15, -0.1) is 6.42 Å². The van der Waals surface area contributed by atoms with Crippen LogP contribution in [-0.4, -0.2) is 23.1 Å². The van der Waals surface area contributed by atoms with Crippen molar-refractivity contribution < 1.29 is 14.7 Å². The molecule has 1 aromatic rings. The molecular weight excluding hydrogens is 244 g/mol.